The summed E-state index contributed by atoms with van der Waals surface area (Å²) in [6.45, 7) is 0. The number of para-hydroxylation sites is 1. The van der Waals surface area contributed by atoms with Crippen LogP contribution in [0.15, 0.2) is 180 Å². The molecule has 2 aromatic heterocycles. The summed E-state index contributed by atoms with van der Waals surface area (Å²) in [6, 6.07) is 60.2. The highest BCUT2D eigenvalue weighted by Gasteiger charge is 2.23. The van der Waals surface area contributed by atoms with Crippen molar-refractivity contribution in [1.29, 1.82) is 0 Å². The van der Waals surface area contributed by atoms with E-state index in [0.717, 1.165) is 39.6 Å². The molecule has 5 heteroatoms. The summed E-state index contributed by atoms with van der Waals surface area (Å²) < 4.78 is 5.01. The lowest BCUT2D eigenvalue weighted by Gasteiger charge is -2.23. The number of aromatic nitrogens is 1. The largest absolute Gasteiger partial charge is 0.344 e. The van der Waals surface area contributed by atoms with E-state index in [4.69, 9.17) is 9.98 Å². The van der Waals surface area contributed by atoms with Gasteiger partial charge in [0.1, 0.15) is 12.0 Å². The predicted molar refractivity (Wildman–Crippen MR) is 211 cm³/mol. The van der Waals surface area contributed by atoms with Crippen LogP contribution in [0.5, 0.6) is 0 Å². The Hall–Kier alpha value is -6.30. The average molecular weight is 659 g/mol. The molecule has 1 N–H and O–H groups in total. The molecule has 4 nitrogen and oxygen atoms in total. The van der Waals surface area contributed by atoms with E-state index in [9.17, 15) is 0 Å². The van der Waals surface area contributed by atoms with Crippen LogP contribution in [0, 0.1) is 0 Å². The monoisotopic (exact) mass is 658 g/mol. The van der Waals surface area contributed by atoms with E-state index in [1.54, 1.807) is 0 Å². The smallest absolute Gasteiger partial charge is 0.159 e. The maximum atomic E-state index is 5.12. The van der Waals surface area contributed by atoms with Crippen LogP contribution < -0.4 is 5.32 Å². The molecule has 0 spiro atoms. The molecule has 1 atom stereocenters. The fraction of sp³-hybridized carbons (Fsp3) is 0.0222. The van der Waals surface area contributed by atoms with Gasteiger partial charge in [0, 0.05) is 47.8 Å². The molecular weight excluding hydrogens is 629 g/mol. The van der Waals surface area contributed by atoms with E-state index in [-0.39, 0.29) is 6.17 Å². The first-order valence-electron chi connectivity index (χ1n) is 16.9. The van der Waals surface area contributed by atoms with Gasteiger partial charge in [-0.25, -0.2) is 9.98 Å². The number of hydrogen-bond donors (Lipinski definition) is 1. The number of rotatable bonds is 5. The fourth-order valence-corrected chi connectivity index (χ4v) is 8.50. The third kappa shape index (κ3) is 4.74. The van der Waals surface area contributed by atoms with Crippen LogP contribution in [-0.2, 0) is 0 Å². The van der Waals surface area contributed by atoms with Crippen molar-refractivity contribution in [2.45, 2.75) is 6.17 Å². The number of hydrogen-bond acceptors (Lipinski definition) is 4. The van der Waals surface area contributed by atoms with Crippen LogP contribution in [-0.4, -0.2) is 16.2 Å². The minimum absolute atomic E-state index is 0.256. The number of aliphatic imine (C=N–C) groups is 2. The minimum atomic E-state index is -0.256. The van der Waals surface area contributed by atoms with E-state index in [1.807, 2.05) is 35.6 Å². The normalized spacial score (nSPS) is 14.6. The topological polar surface area (TPSA) is 41.7 Å². The molecule has 0 amide bonds. The molecule has 0 radical (unpaired) electrons. The van der Waals surface area contributed by atoms with Crippen molar-refractivity contribution in [1.82, 2.24) is 9.88 Å². The zero-order chi connectivity index (χ0) is 33.0. The molecule has 0 aliphatic carbocycles. The Balaban J connectivity index is 1.19. The Morgan fingerprint density at radius 2 is 1.18 bits per heavy atom. The molecule has 7 aromatic carbocycles. The second-order valence-electron chi connectivity index (χ2n) is 12.7. The number of fused-ring (bicyclic) bond motifs is 7. The van der Waals surface area contributed by atoms with Crippen molar-refractivity contribution in [2.24, 2.45) is 9.98 Å². The maximum Gasteiger partial charge on any atom is 0.159 e. The lowest BCUT2D eigenvalue weighted by atomic mass is 10.0. The van der Waals surface area contributed by atoms with Crippen LogP contribution in [0.4, 0.5) is 0 Å². The van der Waals surface area contributed by atoms with Gasteiger partial charge in [0.05, 0.1) is 11.0 Å². The Morgan fingerprint density at radius 1 is 0.520 bits per heavy atom. The first-order valence-corrected chi connectivity index (χ1v) is 17.7. The summed E-state index contributed by atoms with van der Waals surface area (Å²) in [5.41, 5.74) is 9.04. The molecule has 0 bridgehead atoms. The molecule has 1 aliphatic rings. The molecule has 1 aliphatic heterocycles. The number of benzene rings is 7. The average Bonchev–Trinajstić information content (AvgIpc) is 3.74. The molecule has 9 aromatic rings. The van der Waals surface area contributed by atoms with Gasteiger partial charge in [-0.1, -0.05) is 133 Å². The second-order valence-corrected chi connectivity index (χ2v) is 13.7. The molecule has 1 unspecified atom stereocenters. The Kier molecular flexibility index (Phi) is 6.71. The third-order valence-electron chi connectivity index (χ3n) is 9.65. The summed E-state index contributed by atoms with van der Waals surface area (Å²) >= 11 is 1.88. The molecular formula is C45H30N4S. The molecule has 10 rings (SSSR count). The van der Waals surface area contributed by atoms with Gasteiger partial charge in [-0.15, -0.1) is 11.3 Å². The third-order valence-corrected chi connectivity index (χ3v) is 10.9. The van der Waals surface area contributed by atoms with Crippen molar-refractivity contribution in [3.05, 3.63) is 187 Å². The first kappa shape index (κ1) is 28.7. The standard InChI is InChI=1S/C45H30N4S/c1-5-13-29(14-6-1)32-22-26-40-37(27-32)35-24-25-38-41(42(35)50-40)36-23-21-33(28-39(36)49(38)34-19-11-4-12-20-34)45-47-43(30-15-7-2-8-16-30)46-44(48-45)31-17-9-3-10-18-31/h1-28,43H,(H,46,47,48). The number of thiophene rings is 1. The van der Waals surface area contributed by atoms with Gasteiger partial charge in [0.15, 0.2) is 5.84 Å². The lowest BCUT2D eigenvalue weighted by molar-refractivity contribution is 0.674. The van der Waals surface area contributed by atoms with Crippen LogP contribution in [0.1, 0.15) is 22.9 Å². The second kappa shape index (κ2) is 11.7. The highest BCUT2D eigenvalue weighted by molar-refractivity contribution is 7.26. The Morgan fingerprint density at radius 3 is 1.94 bits per heavy atom. The summed E-state index contributed by atoms with van der Waals surface area (Å²) in [4.78, 5) is 10.2. The minimum Gasteiger partial charge on any atom is -0.344 e. The molecule has 0 saturated heterocycles. The van der Waals surface area contributed by atoms with Crippen molar-refractivity contribution in [3.63, 3.8) is 0 Å². The van der Waals surface area contributed by atoms with Crippen molar-refractivity contribution >= 4 is 65.0 Å². The highest BCUT2D eigenvalue weighted by atomic mass is 32.1. The van der Waals surface area contributed by atoms with E-state index in [2.05, 4.69) is 155 Å². The van der Waals surface area contributed by atoms with E-state index in [1.165, 1.54) is 47.6 Å². The van der Waals surface area contributed by atoms with Gasteiger partial charge in [-0.2, -0.15) is 0 Å². The molecule has 0 saturated carbocycles. The van der Waals surface area contributed by atoms with Crippen molar-refractivity contribution < 1.29 is 0 Å². The Labute approximate surface area is 293 Å². The SMILES string of the molecule is c1ccc(C2=NC(c3ccccc3)NC(c3ccc4c5c6sc7ccc(-c8ccccc8)cc7c6ccc5n(-c5ccccc5)c4c3)=N2)cc1. The van der Waals surface area contributed by atoms with Gasteiger partial charge in [-0.05, 0) is 53.1 Å². The fourth-order valence-electron chi connectivity index (χ4n) is 7.27. The van der Waals surface area contributed by atoms with Crippen molar-refractivity contribution in [2.75, 3.05) is 0 Å². The van der Waals surface area contributed by atoms with Gasteiger partial charge in [-0.3, -0.25) is 0 Å². The van der Waals surface area contributed by atoms with Gasteiger partial charge >= 0.3 is 0 Å². The van der Waals surface area contributed by atoms with Crippen molar-refractivity contribution in [3.8, 4) is 16.8 Å². The zero-order valence-corrected chi connectivity index (χ0v) is 27.8. The van der Waals surface area contributed by atoms with Gasteiger partial charge in [0.25, 0.3) is 0 Å². The van der Waals surface area contributed by atoms with Crippen LogP contribution in [0.2, 0.25) is 0 Å². The summed E-state index contributed by atoms with van der Waals surface area (Å²) in [5, 5.41) is 8.76. The number of nitrogens with zero attached hydrogens (tertiary/aromatic N) is 3. The number of nitrogens with one attached hydrogen (secondary N) is 1. The van der Waals surface area contributed by atoms with Crippen LogP contribution in [0.25, 0.3) is 58.8 Å². The Bertz CT molecular complexity index is 2760. The maximum absolute atomic E-state index is 5.12. The summed E-state index contributed by atoms with van der Waals surface area (Å²) in [5.74, 6) is 1.53. The van der Waals surface area contributed by atoms with Gasteiger partial charge in [0.2, 0.25) is 0 Å². The van der Waals surface area contributed by atoms with E-state index < -0.39 is 0 Å². The van der Waals surface area contributed by atoms with E-state index >= 15 is 0 Å². The summed E-state index contributed by atoms with van der Waals surface area (Å²) in [6.07, 6.45) is -0.256. The van der Waals surface area contributed by atoms with Crippen LogP contribution >= 0.6 is 11.3 Å². The molecule has 3 heterocycles. The number of amidine groups is 2. The highest BCUT2D eigenvalue weighted by Crippen LogP contribution is 2.44. The molecule has 0 fully saturated rings. The van der Waals surface area contributed by atoms with Crippen LogP contribution in [0.3, 0.4) is 0 Å². The lowest BCUT2D eigenvalue weighted by Crippen LogP contribution is -2.33. The first-order chi connectivity index (χ1) is 24.8. The van der Waals surface area contributed by atoms with Gasteiger partial charge < -0.3 is 9.88 Å². The zero-order valence-electron chi connectivity index (χ0n) is 27.0. The molecule has 50 heavy (non-hydrogen) atoms. The quantitative estimate of drug-likeness (QED) is 0.196. The predicted octanol–water partition coefficient (Wildman–Crippen LogP) is 11.3. The molecule has 236 valence electrons. The summed E-state index contributed by atoms with van der Waals surface area (Å²) in [7, 11) is 0. The van der Waals surface area contributed by atoms with E-state index in [0.29, 0.717) is 0 Å².